The van der Waals surface area contributed by atoms with Crippen molar-refractivity contribution >= 4 is 15.9 Å². The second-order valence-corrected chi connectivity index (χ2v) is 9.06. The molecule has 1 aliphatic rings. The molecular formula is C19H25N3O4S. The molecule has 0 aliphatic carbocycles. The van der Waals surface area contributed by atoms with Crippen LogP contribution in [0.15, 0.2) is 33.7 Å². The van der Waals surface area contributed by atoms with E-state index in [1.54, 1.807) is 30.9 Å². The first-order valence-electron chi connectivity index (χ1n) is 9.04. The van der Waals surface area contributed by atoms with Crippen molar-refractivity contribution in [1.82, 2.24) is 14.4 Å². The number of amides is 1. The minimum absolute atomic E-state index is 0.162. The average Bonchev–Trinajstić information content (AvgIpc) is 2.99. The van der Waals surface area contributed by atoms with Gasteiger partial charge >= 0.3 is 0 Å². The normalized spacial score (nSPS) is 16.1. The van der Waals surface area contributed by atoms with Crippen molar-refractivity contribution in [3.05, 3.63) is 46.8 Å². The largest absolute Gasteiger partial charge is 0.361 e. The molecule has 0 radical (unpaired) electrons. The van der Waals surface area contributed by atoms with Gasteiger partial charge < -0.3 is 9.42 Å². The zero-order valence-corrected chi connectivity index (χ0v) is 16.9. The lowest BCUT2D eigenvalue weighted by molar-refractivity contribution is 0.0695. The predicted octanol–water partition coefficient (Wildman–Crippen LogP) is 2.56. The monoisotopic (exact) mass is 391 g/mol. The SMILES string of the molecule is Cc1noc(C)c1C(=O)N1CCN(S(=O)(=O)c2ccc(C(C)C)cc2)CC1. The number of aryl methyl sites for hydroxylation is 2. The van der Waals surface area contributed by atoms with Crippen molar-refractivity contribution in [1.29, 1.82) is 0 Å². The maximum atomic E-state index is 12.9. The van der Waals surface area contributed by atoms with Gasteiger partial charge in [-0.15, -0.1) is 0 Å². The molecule has 1 aromatic heterocycles. The second-order valence-electron chi connectivity index (χ2n) is 7.12. The van der Waals surface area contributed by atoms with Crippen LogP contribution in [-0.4, -0.2) is 54.9 Å². The number of hydrogen-bond acceptors (Lipinski definition) is 5. The van der Waals surface area contributed by atoms with Crippen LogP contribution in [0, 0.1) is 13.8 Å². The molecule has 0 bridgehead atoms. The van der Waals surface area contributed by atoms with Crippen molar-refractivity contribution in [2.45, 2.75) is 38.5 Å². The van der Waals surface area contributed by atoms with E-state index in [0.717, 1.165) is 5.56 Å². The Labute approximate surface area is 160 Å². The Morgan fingerprint density at radius 2 is 1.67 bits per heavy atom. The highest BCUT2D eigenvalue weighted by Gasteiger charge is 2.32. The van der Waals surface area contributed by atoms with E-state index < -0.39 is 10.0 Å². The molecule has 146 valence electrons. The van der Waals surface area contributed by atoms with Crippen LogP contribution >= 0.6 is 0 Å². The van der Waals surface area contributed by atoms with Gasteiger partial charge in [0, 0.05) is 26.2 Å². The standard InChI is InChI=1S/C19H25N3O4S/c1-13(2)16-5-7-17(8-6-16)27(24,25)22-11-9-21(10-12-22)19(23)18-14(3)20-26-15(18)4/h5-8,13H,9-12H2,1-4H3. The van der Waals surface area contributed by atoms with Gasteiger partial charge in [-0.2, -0.15) is 4.31 Å². The summed E-state index contributed by atoms with van der Waals surface area (Å²) in [5, 5.41) is 3.82. The Hall–Kier alpha value is -2.19. The zero-order chi connectivity index (χ0) is 19.8. The molecule has 7 nitrogen and oxygen atoms in total. The van der Waals surface area contributed by atoms with E-state index in [2.05, 4.69) is 19.0 Å². The van der Waals surface area contributed by atoms with Crippen LogP contribution in [0.25, 0.3) is 0 Å². The third-order valence-electron chi connectivity index (χ3n) is 4.96. The Kier molecular flexibility index (Phi) is 5.39. The average molecular weight is 391 g/mol. The smallest absolute Gasteiger partial charge is 0.259 e. The number of piperazine rings is 1. The highest BCUT2D eigenvalue weighted by Crippen LogP contribution is 2.22. The van der Waals surface area contributed by atoms with Crippen molar-refractivity contribution in [2.24, 2.45) is 0 Å². The summed E-state index contributed by atoms with van der Waals surface area (Å²) in [7, 11) is -3.56. The van der Waals surface area contributed by atoms with Gasteiger partial charge in [0.1, 0.15) is 11.3 Å². The van der Waals surface area contributed by atoms with E-state index in [9.17, 15) is 13.2 Å². The third kappa shape index (κ3) is 3.77. The zero-order valence-electron chi connectivity index (χ0n) is 16.1. The first kappa shape index (κ1) is 19.6. The highest BCUT2D eigenvalue weighted by atomic mass is 32.2. The number of nitrogens with zero attached hydrogens (tertiary/aromatic N) is 3. The lowest BCUT2D eigenvalue weighted by atomic mass is 10.0. The number of carbonyl (C=O) groups excluding carboxylic acids is 1. The number of aromatic nitrogens is 1. The quantitative estimate of drug-likeness (QED) is 0.800. The second kappa shape index (κ2) is 7.44. The Morgan fingerprint density at radius 3 is 2.15 bits per heavy atom. The molecule has 0 saturated carbocycles. The number of hydrogen-bond donors (Lipinski definition) is 0. The molecule has 1 fully saturated rings. The summed E-state index contributed by atoms with van der Waals surface area (Å²) in [6, 6.07) is 7.03. The summed E-state index contributed by atoms with van der Waals surface area (Å²) in [6.07, 6.45) is 0. The molecule has 0 spiro atoms. The highest BCUT2D eigenvalue weighted by molar-refractivity contribution is 7.89. The van der Waals surface area contributed by atoms with Crippen LogP contribution < -0.4 is 0 Å². The van der Waals surface area contributed by atoms with Crippen LogP contribution in [0.4, 0.5) is 0 Å². The van der Waals surface area contributed by atoms with Gasteiger partial charge in [-0.05, 0) is 37.5 Å². The molecule has 0 atom stereocenters. The Bertz CT molecular complexity index is 905. The molecule has 1 saturated heterocycles. The minimum atomic E-state index is -3.56. The van der Waals surface area contributed by atoms with E-state index in [4.69, 9.17) is 4.52 Å². The number of sulfonamides is 1. The summed E-state index contributed by atoms with van der Waals surface area (Å²) >= 11 is 0. The Balaban J connectivity index is 1.70. The van der Waals surface area contributed by atoms with E-state index in [1.807, 2.05) is 12.1 Å². The van der Waals surface area contributed by atoms with Crippen molar-refractivity contribution in [2.75, 3.05) is 26.2 Å². The molecule has 2 heterocycles. The fraction of sp³-hybridized carbons (Fsp3) is 0.474. The van der Waals surface area contributed by atoms with Gasteiger partial charge in [-0.1, -0.05) is 31.1 Å². The summed E-state index contributed by atoms with van der Waals surface area (Å²) in [6.45, 7) is 8.78. The number of benzene rings is 1. The fourth-order valence-corrected chi connectivity index (χ4v) is 4.67. The molecule has 2 aromatic rings. The summed E-state index contributed by atoms with van der Waals surface area (Å²) in [5.41, 5.74) is 2.12. The van der Waals surface area contributed by atoms with Gasteiger partial charge in [-0.25, -0.2) is 8.42 Å². The summed E-state index contributed by atoms with van der Waals surface area (Å²) in [4.78, 5) is 14.6. The third-order valence-corrected chi connectivity index (χ3v) is 6.87. The molecule has 0 unspecified atom stereocenters. The topological polar surface area (TPSA) is 83.7 Å². The molecule has 1 aromatic carbocycles. The van der Waals surface area contributed by atoms with Crippen LogP contribution in [0.3, 0.4) is 0 Å². The molecule has 3 rings (SSSR count). The van der Waals surface area contributed by atoms with E-state index in [1.165, 1.54) is 4.31 Å². The molecule has 0 N–H and O–H groups in total. The molecular weight excluding hydrogens is 366 g/mol. The summed E-state index contributed by atoms with van der Waals surface area (Å²) in [5.74, 6) is 0.669. The fourth-order valence-electron chi connectivity index (χ4n) is 3.25. The van der Waals surface area contributed by atoms with Crippen LogP contribution in [0.1, 0.15) is 47.1 Å². The maximum absolute atomic E-state index is 12.9. The minimum Gasteiger partial charge on any atom is -0.361 e. The molecule has 1 aliphatic heterocycles. The predicted molar refractivity (Wildman–Crippen MR) is 101 cm³/mol. The lowest BCUT2D eigenvalue weighted by Crippen LogP contribution is -2.50. The molecule has 1 amide bonds. The van der Waals surface area contributed by atoms with Crippen LogP contribution in [0.2, 0.25) is 0 Å². The first-order chi connectivity index (χ1) is 12.7. The molecule has 8 heteroatoms. The van der Waals surface area contributed by atoms with Gasteiger partial charge in [0.2, 0.25) is 10.0 Å². The van der Waals surface area contributed by atoms with E-state index in [-0.39, 0.29) is 23.9 Å². The number of rotatable bonds is 4. The van der Waals surface area contributed by atoms with Gasteiger partial charge in [0.05, 0.1) is 10.6 Å². The summed E-state index contributed by atoms with van der Waals surface area (Å²) < 4.78 is 32.3. The van der Waals surface area contributed by atoms with Crippen molar-refractivity contribution in [3.63, 3.8) is 0 Å². The van der Waals surface area contributed by atoms with Gasteiger partial charge in [-0.3, -0.25) is 4.79 Å². The molecule has 27 heavy (non-hydrogen) atoms. The van der Waals surface area contributed by atoms with E-state index >= 15 is 0 Å². The van der Waals surface area contributed by atoms with Gasteiger partial charge in [0.25, 0.3) is 5.91 Å². The van der Waals surface area contributed by atoms with Crippen molar-refractivity contribution in [3.8, 4) is 0 Å². The maximum Gasteiger partial charge on any atom is 0.259 e. The Morgan fingerprint density at radius 1 is 1.07 bits per heavy atom. The van der Waals surface area contributed by atoms with Crippen LogP contribution in [0.5, 0.6) is 0 Å². The van der Waals surface area contributed by atoms with Crippen LogP contribution in [-0.2, 0) is 10.0 Å². The first-order valence-corrected chi connectivity index (χ1v) is 10.5. The number of carbonyl (C=O) groups is 1. The lowest BCUT2D eigenvalue weighted by Gasteiger charge is -2.34. The van der Waals surface area contributed by atoms with Gasteiger partial charge in [0.15, 0.2) is 0 Å². The van der Waals surface area contributed by atoms with Crippen molar-refractivity contribution < 1.29 is 17.7 Å². The van der Waals surface area contributed by atoms with E-state index in [0.29, 0.717) is 36.0 Å².